The SMILES string of the molecule is CC(C)CC(C)OCc1cccc(CNC(C)C)c1. The van der Waals surface area contributed by atoms with Gasteiger partial charge in [-0.1, -0.05) is 52.0 Å². The van der Waals surface area contributed by atoms with E-state index in [4.69, 9.17) is 4.74 Å². The lowest BCUT2D eigenvalue weighted by molar-refractivity contribution is 0.0397. The zero-order valence-electron chi connectivity index (χ0n) is 13.1. The Labute approximate surface area is 118 Å². The Kier molecular flexibility index (Phi) is 7.11. The molecule has 1 aromatic rings. The van der Waals surface area contributed by atoms with Crippen molar-refractivity contribution in [3.8, 4) is 0 Å². The van der Waals surface area contributed by atoms with Gasteiger partial charge in [0.25, 0.3) is 0 Å². The smallest absolute Gasteiger partial charge is 0.0720 e. The van der Waals surface area contributed by atoms with Crippen LogP contribution in [0.4, 0.5) is 0 Å². The van der Waals surface area contributed by atoms with Gasteiger partial charge in [-0.25, -0.2) is 0 Å². The van der Waals surface area contributed by atoms with Crippen molar-refractivity contribution in [2.45, 2.75) is 66.3 Å². The van der Waals surface area contributed by atoms with Crippen molar-refractivity contribution in [1.29, 1.82) is 0 Å². The van der Waals surface area contributed by atoms with Gasteiger partial charge in [-0.3, -0.25) is 0 Å². The number of benzene rings is 1. The molecule has 0 aliphatic heterocycles. The third-order valence-electron chi connectivity index (χ3n) is 3.04. The van der Waals surface area contributed by atoms with Crippen LogP contribution in [0, 0.1) is 5.92 Å². The van der Waals surface area contributed by atoms with Crippen LogP contribution in [0.3, 0.4) is 0 Å². The van der Waals surface area contributed by atoms with E-state index in [1.54, 1.807) is 0 Å². The summed E-state index contributed by atoms with van der Waals surface area (Å²) in [6, 6.07) is 9.17. The van der Waals surface area contributed by atoms with E-state index in [0.717, 1.165) is 13.0 Å². The monoisotopic (exact) mass is 263 g/mol. The molecule has 108 valence electrons. The van der Waals surface area contributed by atoms with Crippen molar-refractivity contribution in [3.63, 3.8) is 0 Å². The Hall–Kier alpha value is -0.860. The standard InChI is InChI=1S/C17H29NO/c1-13(2)9-15(5)19-12-17-8-6-7-16(10-17)11-18-14(3)4/h6-8,10,13-15,18H,9,11-12H2,1-5H3. The lowest BCUT2D eigenvalue weighted by Gasteiger charge is -2.15. The van der Waals surface area contributed by atoms with Crippen molar-refractivity contribution in [2.24, 2.45) is 5.92 Å². The maximum Gasteiger partial charge on any atom is 0.0720 e. The predicted octanol–water partition coefficient (Wildman–Crippen LogP) is 4.14. The molecule has 2 nitrogen and oxygen atoms in total. The van der Waals surface area contributed by atoms with E-state index < -0.39 is 0 Å². The van der Waals surface area contributed by atoms with E-state index in [9.17, 15) is 0 Å². The molecule has 1 N–H and O–H groups in total. The number of rotatable bonds is 8. The molecule has 0 aliphatic rings. The molecule has 19 heavy (non-hydrogen) atoms. The maximum absolute atomic E-state index is 5.90. The van der Waals surface area contributed by atoms with Crippen LogP contribution in [0.25, 0.3) is 0 Å². The van der Waals surface area contributed by atoms with E-state index in [2.05, 4.69) is 64.2 Å². The zero-order chi connectivity index (χ0) is 14.3. The van der Waals surface area contributed by atoms with Crippen LogP contribution in [-0.2, 0) is 17.9 Å². The van der Waals surface area contributed by atoms with Gasteiger partial charge in [-0.2, -0.15) is 0 Å². The third kappa shape index (κ3) is 7.34. The third-order valence-corrected chi connectivity index (χ3v) is 3.04. The second-order valence-electron chi connectivity index (χ2n) is 6.11. The fourth-order valence-electron chi connectivity index (χ4n) is 2.12. The molecule has 0 saturated carbocycles. The summed E-state index contributed by atoms with van der Waals surface area (Å²) in [6.07, 6.45) is 1.45. The maximum atomic E-state index is 5.90. The molecule has 1 aromatic carbocycles. The lowest BCUT2D eigenvalue weighted by atomic mass is 10.1. The van der Waals surface area contributed by atoms with Gasteiger partial charge in [0.1, 0.15) is 0 Å². The van der Waals surface area contributed by atoms with Crippen molar-refractivity contribution in [3.05, 3.63) is 35.4 Å². The summed E-state index contributed by atoms with van der Waals surface area (Å²) in [5, 5.41) is 3.44. The Morgan fingerprint density at radius 2 is 1.74 bits per heavy atom. The largest absolute Gasteiger partial charge is 0.374 e. The van der Waals surface area contributed by atoms with Gasteiger partial charge < -0.3 is 10.1 Å². The average molecular weight is 263 g/mol. The summed E-state index contributed by atoms with van der Waals surface area (Å²) in [5.41, 5.74) is 2.59. The van der Waals surface area contributed by atoms with Crippen LogP contribution >= 0.6 is 0 Å². The van der Waals surface area contributed by atoms with Gasteiger partial charge in [0.2, 0.25) is 0 Å². The molecule has 1 unspecified atom stereocenters. The molecule has 1 rings (SSSR count). The van der Waals surface area contributed by atoms with Crippen molar-refractivity contribution in [1.82, 2.24) is 5.32 Å². The first-order chi connectivity index (χ1) is 8.97. The first kappa shape index (κ1) is 16.2. The second kappa shape index (κ2) is 8.34. The number of hydrogen-bond acceptors (Lipinski definition) is 2. The lowest BCUT2D eigenvalue weighted by Crippen LogP contribution is -2.21. The molecule has 0 radical (unpaired) electrons. The van der Waals surface area contributed by atoms with Gasteiger partial charge in [-0.05, 0) is 30.4 Å². The summed E-state index contributed by atoms with van der Waals surface area (Å²) in [6.45, 7) is 12.6. The van der Waals surface area contributed by atoms with E-state index in [1.807, 2.05) is 0 Å². The van der Waals surface area contributed by atoms with Crippen LogP contribution in [-0.4, -0.2) is 12.1 Å². The molecule has 0 aromatic heterocycles. The number of hydrogen-bond donors (Lipinski definition) is 1. The predicted molar refractivity (Wildman–Crippen MR) is 82.1 cm³/mol. The summed E-state index contributed by atoms with van der Waals surface area (Å²) in [7, 11) is 0. The van der Waals surface area contributed by atoms with E-state index in [1.165, 1.54) is 11.1 Å². The molecule has 0 amide bonds. The first-order valence-corrected chi connectivity index (χ1v) is 7.40. The van der Waals surface area contributed by atoms with Gasteiger partial charge >= 0.3 is 0 Å². The van der Waals surface area contributed by atoms with Crippen LogP contribution < -0.4 is 5.32 Å². The normalized spacial score (nSPS) is 13.2. The second-order valence-corrected chi connectivity index (χ2v) is 6.11. The Balaban J connectivity index is 2.43. The fourth-order valence-corrected chi connectivity index (χ4v) is 2.12. The minimum atomic E-state index is 0.331. The fraction of sp³-hybridized carbons (Fsp3) is 0.647. The topological polar surface area (TPSA) is 21.3 Å². The highest BCUT2D eigenvalue weighted by atomic mass is 16.5. The quantitative estimate of drug-likeness (QED) is 0.761. The molecule has 0 bridgehead atoms. The van der Waals surface area contributed by atoms with Gasteiger partial charge in [0.15, 0.2) is 0 Å². The molecule has 0 heterocycles. The number of nitrogens with one attached hydrogen (secondary N) is 1. The van der Waals surface area contributed by atoms with Crippen molar-refractivity contribution in [2.75, 3.05) is 0 Å². The van der Waals surface area contributed by atoms with Crippen LogP contribution in [0.1, 0.15) is 52.2 Å². The van der Waals surface area contributed by atoms with Crippen LogP contribution in [0.5, 0.6) is 0 Å². The van der Waals surface area contributed by atoms with Crippen LogP contribution in [0.2, 0.25) is 0 Å². The highest BCUT2D eigenvalue weighted by molar-refractivity contribution is 5.22. The minimum absolute atomic E-state index is 0.331. The molecule has 0 spiro atoms. The molecule has 0 saturated heterocycles. The van der Waals surface area contributed by atoms with Gasteiger partial charge in [-0.15, -0.1) is 0 Å². The Bertz CT molecular complexity index is 360. The van der Waals surface area contributed by atoms with E-state index in [-0.39, 0.29) is 0 Å². The van der Waals surface area contributed by atoms with Gasteiger partial charge in [0, 0.05) is 12.6 Å². The summed E-state index contributed by atoms with van der Waals surface area (Å²) < 4.78 is 5.90. The Morgan fingerprint density at radius 1 is 1.05 bits per heavy atom. The molecule has 0 aliphatic carbocycles. The summed E-state index contributed by atoms with van der Waals surface area (Å²) >= 11 is 0. The van der Waals surface area contributed by atoms with Crippen LogP contribution in [0.15, 0.2) is 24.3 Å². The summed E-state index contributed by atoms with van der Waals surface area (Å²) in [5.74, 6) is 0.691. The zero-order valence-corrected chi connectivity index (χ0v) is 13.1. The molecule has 2 heteroatoms. The van der Waals surface area contributed by atoms with Crippen molar-refractivity contribution < 1.29 is 4.74 Å². The van der Waals surface area contributed by atoms with E-state index in [0.29, 0.717) is 24.7 Å². The highest BCUT2D eigenvalue weighted by Crippen LogP contribution is 2.12. The molecular formula is C17H29NO. The van der Waals surface area contributed by atoms with Crippen molar-refractivity contribution >= 4 is 0 Å². The number of ether oxygens (including phenoxy) is 1. The summed E-state index contributed by atoms with van der Waals surface area (Å²) in [4.78, 5) is 0. The van der Waals surface area contributed by atoms with Gasteiger partial charge in [0.05, 0.1) is 12.7 Å². The molecule has 1 atom stereocenters. The highest BCUT2D eigenvalue weighted by Gasteiger charge is 2.06. The molecular weight excluding hydrogens is 234 g/mol. The first-order valence-electron chi connectivity index (χ1n) is 7.40. The van der Waals surface area contributed by atoms with E-state index >= 15 is 0 Å². The Morgan fingerprint density at radius 3 is 2.37 bits per heavy atom. The average Bonchev–Trinajstić information content (AvgIpc) is 2.34. The molecule has 0 fully saturated rings. The minimum Gasteiger partial charge on any atom is -0.374 e.